The maximum Gasteiger partial charge on any atom is 0.264 e. The van der Waals surface area contributed by atoms with Crippen LogP contribution in [0.15, 0.2) is 30.3 Å². The van der Waals surface area contributed by atoms with Crippen molar-refractivity contribution in [2.24, 2.45) is 0 Å². The molecule has 0 amide bonds. The molecule has 0 saturated heterocycles. The molecule has 0 aliphatic carbocycles. The zero-order valence-corrected chi connectivity index (χ0v) is 20.0. The fourth-order valence-corrected chi connectivity index (χ4v) is 10.7. The summed E-state index contributed by atoms with van der Waals surface area (Å²) in [6, 6.07) is 9.99. The van der Waals surface area contributed by atoms with E-state index in [9.17, 15) is 8.42 Å². The lowest BCUT2D eigenvalue weighted by atomic mass is 9.91. The highest BCUT2D eigenvalue weighted by Gasteiger charge is 2.45. The van der Waals surface area contributed by atoms with Gasteiger partial charge in [0.2, 0.25) is 0 Å². The summed E-state index contributed by atoms with van der Waals surface area (Å²) in [4.78, 5) is 0. The Balaban J connectivity index is 2.99. The Morgan fingerprint density at radius 3 is 1.78 bits per heavy atom. The van der Waals surface area contributed by atoms with Crippen molar-refractivity contribution >= 4 is 18.4 Å². The molecule has 2 atom stereocenters. The highest BCUT2D eigenvalue weighted by Crippen LogP contribution is 2.42. The van der Waals surface area contributed by atoms with Gasteiger partial charge in [0.1, 0.15) is 0 Å². The van der Waals surface area contributed by atoms with E-state index in [0.29, 0.717) is 23.2 Å². The molecule has 6 heteroatoms. The van der Waals surface area contributed by atoms with Crippen LogP contribution in [0.1, 0.15) is 66.4 Å². The highest BCUT2D eigenvalue weighted by atomic mass is 32.2. The third-order valence-electron chi connectivity index (χ3n) is 5.61. The smallest absolute Gasteiger partial charge is 0.264 e. The molecule has 1 rings (SSSR count). The second-order valence-electron chi connectivity index (χ2n) is 8.48. The van der Waals surface area contributed by atoms with Gasteiger partial charge in [-0.05, 0) is 35.5 Å². The van der Waals surface area contributed by atoms with E-state index in [1.807, 2.05) is 37.3 Å². The van der Waals surface area contributed by atoms with Gasteiger partial charge in [0.05, 0.1) is 12.4 Å². The summed E-state index contributed by atoms with van der Waals surface area (Å²) in [6.45, 7) is 16.1. The molecule has 0 spiro atoms. The molecule has 0 radical (unpaired) electrons. The quantitative estimate of drug-likeness (QED) is 0.343. The summed E-state index contributed by atoms with van der Waals surface area (Å²) in [5.74, 6) is -0.0286. The first kappa shape index (κ1) is 24.3. The van der Waals surface area contributed by atoms with E-state index in [2.05, 4.69) is 41.5 Å². The van der Waals surface area contributed by atoms with Crippen LogP contribution in [0.3, 0.4) is 0 Å². The molecule has 2 unspecified atom stereocenters. The second-order valence-corrected chi connectivity index (χ2v) is 15.5. The molecular formula is C21H38O4SSi. The van der Waals surface area contributed by atoms with Gasteiger partial charge in [-0.1, -0.05) is 71.9 Å². The lowest BCUT2D eigenvalue weighted by Gasteiger charge is -2.42. The molecule has 0 N–H and O–H groups in total. The third kappa shape index (κ3) is 6.70. The SMILES string of the molecule is CC(OS(C)(=O)=O)C(CCO[Si](C(C)C)(C(C)C)C(C)C)c1ccccc1. The van der Waals surface area contributed by atoms with E-state index in [4.69, 9.17) is 8.61 Å². The van der Waals surface area contributed by atoms with Gasteiger partial charge in [0.25, 0.3) is 10.1 Å². The zero-order valence-electron chi connectivity index (χ0n) is 18.2. The van der Waals surface area contributed by atoms with Crippen molar-refractivity contribution in [2.45, 2.75) is 83.5 Å². The fraction of sp³-hybridized carbons (Fsp3) is 0.714. The first-order valence-corrected chi connectivity index (χ1v) is 13.9. The van der Waals surface area contributed by atoms with Crippen LogP contribution in [0.4, 0.5) is 0 Å². The third-order valence-corrected chi connectivity index (χ3v) is 12.4. The van der Waals surface area contributed by atoms with Gasteiger partial charge in [-0.3, -0.25) is 4.18 Å². The molecule has 0 heterocycles. The molecule has 0 bridgehead atoms. The molecule has 0 fully saturated rings. The van der Waals surface area contributed by atoms with Gasteiger partial charge in [-0.25, -0.2) is 0 Å². The molecule has 0 aliphatic heterocycles. The number of hydrogen-bond acceptors (Lipinski definition) is 4. The first-order chi connectivity index (χ1) is 12.4. The zero-order chi connectivity index (χ0) is 20.8. The van der Waals surface area contributed by atoms with Crippen LogP contribution >= 0.6 is 0 Å². The lowest BCUT2D eigenvalue weighted by Crippen LogP contribution is -2.48. The van der Waals surface area contributed by atoms with Crippen molar-refractivity contribution in [3.8, 4) is 0 Å². The Morgan fingerprint density at radius 1 is 0.889 bits per heavy atom. The minimum Gasteiger partial charge on any atom is -0.416 e. The van der Waals surface area contributed by atoms with Gasteiger partial charge >= 0.3 is 0 Å². The van der Waals surface area contributed by atoms with Crippen LogP contribution in [-0.2, 0) is 18.7 Å². The van der Waals surface area contributed by atoms with Gasteiger partial charge in [0, 0.05) is 12.5 Å². The predicted molar refractivity (Wildman–Crippen MR) is 116 cm³/mol. The van der Waals surface area contributed by atoms with Crippen LogP contribution in [0.25, 0.3) is 0 Å². The minimum absolute atomic E-state index is 0.0286. The summed E-state index contributed by atoms with van der Waals surface area (Å²) in [5, 5.41) is 0. The van der Waals surface area contributed by atoms with Crippen LogP contribution in [-0.4, -0.2) is 35.7 Å². The fourth-order valence-electron chi connectivity index (χ4n) is 4.58. The Bertz CT molecular complexity index is 634. The Hall–Kier alpha value is -0.693. The van der Waals surface area contributed by atoms with E-state index in [0.717, 1.165) is 18.2 Å². The van der Waals surface area contributed by atoms with Crippen LogP contribution in [0.2, 0.25) is 16.6 Å². The summed E-state index contributed by atoms with van der Waals surface area (Å²) in [6.07, 6.45) is 1.41. The molecule has 0 saturated carbocycles. The number of hydrogen-bond donors (Lipinski definition) is 0. The van der Waals surface area contributed by atoms with Gasteiger partial charge < -0.3 is 4.43 Å². The average molecular weight is 415 g/mol. The second kappa shape index (κ2) is 10.2. The molecule has 1 aromatic rings. The Kier molecular flexibility index (Phi) is 9.19. The highest BCUT2D eigenvalue weighted by molar-refractivity contribution is 7.86. The first-order valence-electron chi connectivity index (χ1n) is 9.99. The molecule has 27 heavy (non-hydrogen) atoms. The molecular weight excluding hydrogens is 376 g/mol. The number of rotatable bonds is 11. The van der Waals surface area contributed by atoms with E-state index in [1.165, 1.54) is 0 Å². The van der Waals surface area contributed by atoms with Crippen molar-refractivity contribution < 1.29 is 17.0 Å². The van der Waals surface area contributed by atoms with Crippen LogP contribution in [0, 0.1) is 0 Å². The summed E-state index contributed by atoms with van der Waals surface area (Å²) in [7, 11) is -5.44. The topological polar surface area (TPSA) is 52.6 Å². The van der Waals surface area contributed by atoms with E-state index in [1.54, 1.807) is 0 Å². The molecule has 1 aromatic carbocycles. The van der Waals surface area contributed by atoms with Gasteiger partial charge in [0.15, 0.2) is 8.32 Å². The van der Waals surface area contributed by atoms with Crippen LogP contribution < -0.4 is 0 Å². The number of benzene rings is 1. The standard InChI is InChI=1S/C21H38O4SSi/c1-16(2)27(17(3)4,18(5)6)24-15-14-21(19(7)25-26(8,22)23)20-12-10-9-11-13-20/h9-13,16-19,21H,14-15H2,1-8H3. The van der Waals surface area contributed by atoms with Gasteiger partial charge in [-0.2, -0.15) is 8.42 Å². The molecule has 0 aromatic heterocycles. The average Bonchev–Trinajstić information content (AvgIpc) is 2.53. The predicted octanol–water partition coefficient (Wildman–Crippen LogP) is 5.72. The van der Waals surface area contributed by atoms with Crippen LogP contribution in [0.5, 0.6) is 0 Å². The summed E-state index contributed by atoms with van der Waals surface area (Å²) in [5.41, 5.74) is 2.66. The normalized spacial score (nSPS) is 15.5. The maximum atomic E-state index is 11.6. The van der Waals surface area contributed by atoms with Crippen molar-refractivity contribution in [3.05, 3.63) is 35.9 Å². The summed E-state index contributed by atoms with van der Waals surface area (Å²) >= 11 is 0. The Morgan fingerprint density at radius 2 is 1.37 bits per heavy atom. The summed E-state index contributed by atoms with van der Waals surface area (Å²) < 4.78 is 35.3. The lowest BCUT2D eigenvalue weighted by molar-refractivity contribution is 0.171. The van der Waals surface area contributed by atoms with E-state index in [-0.39, 0.29) is 5.92 Å². The Labute approximate surface area is 167 Å². The van der Waals surface area contributed by atoms with E-state index >= 15 is 0 Å². The monoisotopic (exact) mass is 414 g/mol. The van der Waals surface area contributed by atoms with Crippen molar-refractivity contribution in [2.75, 3.05) is 12.9 Å². The van der Waals surface area contributed by atoms with Crippen molar-refractivity contribution in [1.82, 2.24) is 0 Å². The van der Waals surface area contributed by atoms with Crippen molar-refractivity contribution in [3.63, 3.8) is 0 Å². The molecule has 156 valence electrons. The molecule has 4 nitrogen and oxygen atoms in total. The van der Waals surface area contributed by atoms with E-state index < -0.39 is 24.5 Å². The maximum absolute atomic E-state index is 11.6. The van der Waals surface area contributed by atoms with Crippen molar-refractivity contribution in [1.29, 1.82) is 0 Å². The minimum atomic E-state index is -3.50. The molecule has 0 aliphatic rings. The largest absolute Gasteiger partial charge is 0.416 e. The van der Waals surface area contributed by atoms with Gasteiger partial charge in [-0.15, -0.1) is 0 Å².